The Balaban J connectivity index is 1.49. The molecule has 0 saturated carbocycles. The average Bonchev–Trinajstić information content (AvgIpc) is 3.36. The second-order valence-electron chi connectivity index (χ2n) is 6.22. The molecule has 0 radical (unpaired) electrons. The van der Waals surface area contributed by atoms with E-state index in [1.165, 1.54) is 29.2 Å². The Morgan fingerprint density at radius 1 is 1.30 bits per heavy atom. The molecule has 0 fully saturated rings. The predicted octanol–water partition coefficient (Wildman–Crippen LogP) is 3.09. The molecule has 30 heavy (non-hydrogen) atoms. The number of carbonyl (C=O) groups is 1. The van der Waals surface area contributed by atoms with E-state index in [2.05, 4.69) is 31.6 Å². The average molecular weight is 472 g/mol. The summed E-state index contributed by atoms with van der Waals surface area (Å²) in [6, 6.07) is 11.9. The van der Waals surface area contributed by atoms with E-state index < -0.39 is 10.8 Å². The Morgan fingerprint density at radius 3 is 2.87 bits per heavy atom. The number of nitrogens with zero attached hydrogens (tertiary/aromatic N) is 4. The number of amides is 1. The predicted molar refractivity (Wildman–Crippen MR) is 110 cm³/mol. The quantitative estimate of drug-likeness (QED) is 0.335. The number of aromatic nitrogens is 2. The number of nitro benzene ring substituents is 1. The molecule has 1 aliphatic rings. The lowest BCUT2D eigenvalue weighted by atomic mass is 10.1. The summed E-state index contributed by atoms with van der Waals surface area (Å²) < 4.78 is 12.8. The van der Waals surface area contributed by atoms with E-state index in [-0.39, 0.29) is 18.0 Å². The first kappa shape index (κ1) is 19.6. The van der Waals surface area contributed by atoms with Gasteiger partial charge in [0.05, 0.1) is 29.3 Å². The van der Waals surface area contributed by atoms with Crippen LogP contribution < -0.4 is 14.9 Å². The minimum absolute atomic E-state index is 0.00814. The molecule has 152 valence electrons. The van der Waals surface area contributed by atoms with Crippen molar-refractivity contribution in [2.45, 2.75) is 6.54 Å². The van der Waals surface area contributed by atoms with Gasteiger partial charge in [0.25, 0.3) is 11.6 Å². The molecule has 11 heteroatoms. The molecule has 0 aliphatic carbocycles. The lowest BCUT2D eigenvalue weighted by Crippen LogP contribution is -2.22. The van der Waals surface area contributed by atoms with Crippen LogP contribution in [0.4, 0.5) is 5.69 Å². The van der Waals surface area contributed by atoms with E-state index in [0.29, 0.717) is 23.7 Å². The van der Waals surface area contributed by atoms with E-state index >= 15 is 0 Å². The van der Waals surface area contributed by atoms with Gasteiger partial charge in [0.1, 0.15) is 5.69 Å². The van der Waals surface area contributed by atoms with Crippen LogP contribution in [0.2, 0.25) is 0 Å². The summed E-state index contributed by atoms with van der Waals surface area (Å²) in [5.74, 6) is 0.168. The zero-order valence-corrected chi connectivity index (χ0v) is 16.9. The lowest BCUT2D eigenvalue weighted by Gasteiger charge is -2.07. The maximum atomic E-state index is 12.5. The van der Waals surface area contributed by atoms with Crippen molar-refractivity contribution >= 4 is 33.7 Å². The zero-order valence-electron chi connectivity index (χ0n) is 15.3. The van der Waals surface area contributed by atoms with Crippen LogP contribution in [0.25, 0.3) is 0 Å². The van der Waals surface area contributed by atoms with Gasteiger partial charge in [-0.25, -0.2) is 5.43 Å². The van der Waals surface area contributed by atoms with Crippen molar-refractivity contribution in [2.24, 2.45) is 5.10 Å². The molecular weight excluding hydrogens is 458 g/mol. The normalized spacial score (nSPS) is 12.3. The van der Waals surface area contributed by atoms with Gasteiger partial charge in [-0.1, -0.05) is 28.1 Å². The van der Waals surface area contributed by atoms with Crippen molar-refractivity contribution in [3.63, 3.8) is 0 Å². The summed E-state index contributed by atoms with van der Waals surface area (Å²) in [7, 11) is 0. The van der Waals surface area contributed by atoms with Crippen LogP contribution in [0.15, 0.2) is 58.2 Å². The Labute approximate surface area is 178 Å². The van der Waals surface area contributed by atoms with Crippen LogP contribution >= 0.6 is 15.9 Å². The smallest absolute Gasteiger partial charge is 0.289 e. The number of hydrazone groups is 1. The van der Waals surface area contributed by atoms with Crippen molar-refractivity contribution in [2.75, 3.05) is 6.79 Å². The van der Waals surface area contributed by atoms with E-state index in [1.807, 2.05) is 24.3 Å². The molecule has 3 aromatic rings. The van der Waals surface area contributed by atoms with Gasteiger partial charge in [0.15, 0.2) is 11.5 Å². The third-order valence-corrected chi connectivity index (χ3v) is 4.75. The number of hydrogen-bond acceptors (Lipinski definition) is 7. The zero-order chi connectivity index (χ0) is 21.1. The molecule has 1 N–H and O–H groups in total. The lowest BCUT2D eigenvalue weighted by molar-refractivity contribution is -0.385. The molecule has 1 aliphatic heterocycles. The van der Waals surface area contributed by atoms with Gasteiger partial charge in [0, 0.05) is 10.7 Å². The second-order valence-corrected chi connectivity index (χ2v) is 7.14. The summed E-state index contributed by atoms with van der Waals surface area (Å²) in [5.41, 5.74) is 3.59. The third kappa shape index (κ3) is 4.15. The van der Waals surface area contributed by atoms with Crippen LogP contribution in [0, 0.1) is 10.1 Å². The van der Waals surface area contributed by atoms with Gasteiger partial charge in [-0.3, -0.25) is 19.6 Å². The highest BCUT2D eigenvalue weighted by atomic mass is 79.9. The standard InChI is InChI=1S/C19H14BrN5O5/c20-14-3-1-2-12(6-14)10-24-15(4-5-22-24)19(26)23-21-9-13-7-17-18(30-11-29-17)8-16(13)25(27)28/h1-9H,10-11H2,(H,23,26). The van der Waals surface area contributed by atoms with Gasteiger partial charge in [-0.15, -0.1) is 0 Å². The largest absolute Gasteiger partial charge is 0.454 e. The fraction of sp³-hybridized carbons (Fsp3) is 0.105. The number of halogens is 1. The minimum atomic E-state index is -0.557. The molecule has 2 aromatic carbocycles. The van der Waals surface area contributed by atoms with E-state index in [9.17, 15) is 14.9 Å². The topological polar surface area (TPSA) is 121 Å². The molecule has 4 rings (SSSR count). The number of ether oxygens (including phenoxy) is 2. The fourth-order valence-electron chi connectivity index (χ4n) is 2.89. The van der Waals surface area contributed by atoms with E-state index in [1.54, 1.807) is 6.07 Å². The van der Waals surface area contributed by atoms with Gasteiger partial charge in [-0.2, -0.15) is 10.2 Å². The van der Waals surface area contributed by atoms with Crippen LogP contribution in [-0.2, 0) is 6.54 Å². The molecule has 1 aromatic heterocycles. The number of carbonyl (C=O) groups excluding carboxylic acids is 1. The van der Waals surface area contributed by atoms with E-state index in [0.717, 1.165) is 10.0 Å². The summed E-state index contributed by atoms with van der Waals surface area (Å²) >= 11 is 3.41. The number of rotatable bonds is 6. The van der Waals surface area contributed by atoms with Crippen LogP contribution in [-0.4, -0.2) is 33.6 Å². The first-order valence-corrected chi connectivity index (χ1v) is 9.48. The Kier molecular flexibility index (Phi) is 5.44. The van der Waals surface area contributed by atoms with Crippen LogP contribution in [0.3, 0.4) is 0 Å². The van der Waals surface area contributed by atoms with Crippen LogP contribution in [0.1, 0.15) is 21.6 Å². The van der Waals surface area contributed by atoms with Crippen molar-refractivity contribution < 1.29 is 19.2 Å². The number of nitrogens with one attached hydrogen (secondary N) is 1. The summed E-state index contributed by atoms with van der Waals surface area (Å²) in [5, 5.41) is 19.3. The van der Waals surface area contributed by atoms with Gasteiger partial charge in [-0.05, 0) is 29.8 Å². The number of fused-ring (bicyclic) bond motifs is 1. The molecule has 10 nitrogen and oxygen atoms in total. The molecule has 0 spiro atoms. The second kappa shape index (κ2) is 8.33. The Hall–Kier alpha value is -3.73. The highest BCUT2D eigenvalue weighted by Crippen LogP contribution is 2.37. The highest BCUT2D eigenvalue weighted by molar-refractivity contribution is 9.10. The van der Waals surface area contributed by atoms with Gasteiger partial charge >= 0.3 is 0 Å². The molecule has 0 unspecified atom stereocenters. The van der Waals surface area contributed by atoms with Crippen LogP contribution in [0.5, 0.6) is 11.5 Å². The van der Waals surface area contributed by atoms with Crippen molar-refractivity contribution in [3.8, 4) is 11.5 Å². The summed E-state index contributed by atoms with van der Waals surface area (Å²) in [4.78, 5) is 23.2. The first-order chi connectivity index (χ1) is 14.5. The van der Waals surface area contributed by atoms with Gasteiger partial charge < -0.3 is 9.47 Å². The van der Waals surface area contributed by atoms with Gasteiger partial charge in [0.2, 0.25) is 6.79 Å². The molecule has 0 bridgehead atoms. The van der Waals surface area contributed by atoms with Crippen molar-refractivity contribution in [1.82, 2.24) is 15.2 Å². The third-order valence-electron chi connectivity index (χ3n) is 4.26. The minimum Gasteiger partial charge on any atom is -0.454 e. The van der Waals surface area contributed by atoms with Crippen molar-refractivity contribution in [1.29, 1.82) is 0 Å². The Morgan fingerprint density at radius 2 is 2.10 bits per heavy atom. The summed E-state index contributed by atoms with van der Waals surface area (Å²) in [6.07, 6.45) is 2.70. The summed E-state index contributed by atoms with van der Waals surface area (Å²) in [6.45, 7) is 0.387. The molecule has 0 saturated heterocycles. The highest BCUT2D eigenvalue weighted by Gasteiger charge is 2.22. The fourth-order valence-corrected chi connectivity index (χ4v) is 3.33. The maximum absolute atomic E-state index is 12.5. The number of benzene rings is 2. The molecule has 1 amide bonds. The maximum Gasteiger partial charge on any atom is 0.289 e. The molecule has 0 atom stereocenters. The number of hydrogen-bond donors (Lipinski definition) is 1. The molecule has 2 heterocycles. The first-order valence-electron chi connectivity index (χ1n) is 8.69. The van der Waals surface area contributed by atoms with Crippen molar-refractivity contribution in [3.05, 3.63) is 80.1 Å². The molecular formula is C19H14BrN5O5. The number of nitro groups is 1. The monoisotopic (exact) mass is 471 g/mol. The Bertz CT molecular complexity index is 1160. The van der Waals surface area contributed by atoms with E-state index in [4.69, 9.17) is 9.47 Å². The SMILES string of the molecule is O=C(NN=Cc1cc2c(cc1[N+](=O)[O-])OCO2)c1ccnn1Cc1cccc(Br)c1.